The fourth-order valence-electron chi connectivity index (χ4n) is 1.60. The topological polar surface area (TPSA) is 110 Å². The van der Waals surface area contributed by atoms with E-state index in [4.69, 9.17) is 10.3 Å². The van der Waals surface area contributed by atoms with Crippen LogP contribution in [0.3, 0.4) is 0 Å². The molecule has 1 amide bonds. The molecule has 0 radical (unpaired) electrons. The van der Waals surface area contributed by atoms with Gasteiger partial charge in [0.2, 0.25) is 0 Å². The van der Waals surface area contributed by atoms with Crippen LogP contribution in [-0.2, 0) is 9.59 Å². The molecule has 0 heterocycles. The van der Waals surface area contributed by atoms with Crippen molar-refractivity contribution in [1.82, 2.24) is 5.06 Å². The van der Waals surface area contributed by atoms with Crippen LogP contribution in [0, 0.1) is 11.8 Å². The maximum Gasteiger partial charge on any atom is 0.329 e. The van der Waals surface area contributed by atoms with Gasteiger partial charge in [-0.3, -0.25) is 10.0 Å². The second-order valence-corrected chi connectivity index (χ2v) is 4.61. The lowest BCUT2D eigenvalue weighted by molar-refractivity contribution is -0.185. The van der Waals surface area contributed by atoms with Gasteiger partial charge in [0.1, 0.15) is 5.71 Å². The van der Waals surface area contributed by atoms with Crippen LogP contribution in [0.15, 0.2) is 5.16 Å². The summed E-state index contributed by atoms with van der Waals surface area (Å²) in [5.41, 5.74) is -0.250. The summed E-state index contributed by atoms with van der Waals surface area (Å²) in [6.07, 6.45) is 1.01. The van der Waals surface area contributed by atoms with Crippen LogP contribution in [0.2, 0.25) is 0 Å². The molecule has 0 aromatic heterocycles. The Labute approximate surface area is 112 Å². The third-order valence-electron chi connectivity index (χ3n) is 3.31. The van der Waals surface area contributed by atoms with E-state index in [1.807, 2.05) is 0 Å². The quantitative estimate of drug-likeness (QED) is 0.282. The number of nitrogens with zero attached hydrogens (tertiary/aromatic N) is 2. The Bertz CT molecular complexity index is 356. The number of carboxylic acids is 1. The number of aliphatic carboxylic acids is 1. The van der Waals surface area contributed by atoms with E-state index in [0.717, 1.165) is 0 Å². The van der Waals surface area contributed by atoms with Crippen LogP contribution in [0.25, 0.3) is 0 Å². The van der Waals surface area contributed by atoms with Crippen molar-refractivity contribution < 1.29 is 25.1 Å². The summed E-state index contributed by atoms with van der Waals surface area (Å²) in [7, 11) is 0. The molecule has 0 spiro atoms. The summed E-state index contributed by atoms with van der Waals surface area (Å²) in [5, 5.41) is 30.8. The maximum atomic E-state index is 12.0. The molecule has 3 N–H and O–H groups in total. The van der Waals surface area contributed by atoms with Crippen molar-refractivity contribution in [3.63, 3.8) is 0 Å². The number of rotatable bonds is 7. The van der Waals surface area contributed by atoms with Crippen molar-refractivity contribution in [2.75, 3.05) is 0 Å². The van der Waals surface area contributed by atoms with Crippen molar-refractivity contribution in [2.24, 2.45) is 17.0 Å². The summed E-state index contributed by atoms with van der Waals surface area (Å²) in [5.74, 6) is -3.09. The summed E-state index contributed by atoms with van der Waals surface area (Å²) < 4.78 is 0. The van der Waals surface area contributed by atoms with Gasteiger partial charge in [0.15, 0.2) is 6.04 Å². The molecule has 0 saturated carbocycles. The zero-order valence-electron chi connectivity index (χ0n) is 11.7. The number of carbonyl (C=O) groups is 2. The Balaban J connectivity index is 5.20. The predicted octanol–water partition coefficient (Wildman–Crippen LogP) is 1.58. The van der Waals surface area contributed by atoms with Crippen molar-refractivity contribution in [2.45, 2.75) is 46.6 Å². The Morgan fingerprint density at radius 2 is 1.74 bits per heavy atom. The van der Waals surface area contributed by atoms with E-state index in [1.54, 1.807) is 27.7 Å². The SMILES string of the molecule is CCC(C)/C(=N\O)C(=O)N(O)C(C(=O)O)C(C)CC. The van der Waals surface area contributed by atoms with Gasteiger partial charge in [0.25, 0.3) is 5.91 Å². The third kappa shape index (κ3) is 4.20. The largest absolute Gasteiger partial charge is 0.480 e. The first-order chi connectivity index (χ1) is 8.81. The van der Waals surface area contributed by atoms with Crippen LogP contribution >= 0.6 is 0 Å². The van der Waals surface area contributed by atoms with Crippen molar-refractivity contribution in [1.29, 1.82) is 0 Å². The minimum atomic E-state index is -1.36. The molecular formula is C12H22N2O5. The summed E-state index contributed by atoms with van der Waals surface area (Å²) in [6, 6.07) is -1.36. The first-order valence-corrected chi connectivity index (χ1v) is 6.28. The second-order valence-electron chi connectivity index (χ2n) is 4.61. The number of hydrogen-bond acceptors (Lipinski definition) is 5. The Kier molecular flexibility index (Phi) is 7.06. The molecule has 0 fully saturated rings. The van der Waals surface area contributed by atoms with Crippen LogP contribution < -0.4 is 0 Å². The molecule has 0 rings (SSSR count). The predicted molar refractivity (Wildman–Crippen MR) is 68.2 cm³/mol. The molecular weight excluding hydrogens is 252 g/mol. The minimum absolute atomic E-state index is 0.151. The molecule has 0 aliphatic heterocycles. The monoisotopic (exact) mass is 274 g/mol. The van der Waals surface area contributed by atoms with Crippen LogP contribution in [-0.4, -0.2) is 44.2 Å². The van der Waals surface area contributed by atoms with Crippen molar-refractivity contribution >= 4 is 17.6 Å². The van der Waals surface area contributed by atoms with Crippen molar-refractivity contribution in [3.05, 3.63) is 0 Å². The van der Waals surface area contributed by atoms with Crippen LogP contribution in [0.5, 0.6) is 0 Å². The van der Waals surface area contributed by atoms with E-state index >= 15 is 0 Å². The Hall–Kier alpha value is -1.63. The zero-order chi connectivity index (χ0) is 15.2. The first-order valence-electron chi connectivity index (χ1n) is 6.28. The Morgan fingerprint density at radius 1 is 1.21 bits per heavy atom. The highest BCUT2D eigenvalue weighted by Gasteiger charge is 2.36. The minimum Gasteiger partial charge on any atom is -0.480 e. The van der Waals surface area contributed by atoms with Gasteiger partial charge in [-0.2, -0.15) is 0 Å². The summed E-state index contributed by atoms with van der Waals surface area (Å²) >= 11 is 0. The molecule has 7 nitrogen and oxygen atoms in total. The molecule has 0 aromatic rings. The lowest BCUT2D eigenvalue weighted by Crippen LogP contribution is -2.50. The van der Waals surface area contributed by atoms with Gasteiger partial charge in [-0.1, -0.05) is 39.3 Å². The summed E-state index contributed by atoms with van der Waals surface area (Å²) in [6.45, 7) is 6.82. The third-order valence-corrected chi connectivity index (χ3v) is 3.31. The molecule has 3 atom stereocenters. The average Bonchev–Trinajstić information content (AvgIpc) is 2.38. The van der Waals surface area contributed by atoms with E-state index < -0.39 is 23.8 Å². The normalized spacial score (nSPS) is 16.6. The standard InChI is InChI=1S/C12H22N2O5/c1-5-7(3)9(13-18)11(15)14(19)10(12(16)17)8(4)6-2/h7-8,10,18-19H,5-6H2,1-4H3,(H,16,17)/b13-9+. The fourth-order valence-corrected chi connectivity index (χ4v) is 1.60. The number of hydrogen-bond donors (Lipinski definition) is 3. The highest BCUT2D eigenvalue weighted by atomic mass is 16.5. The van der Waals surface area contributed by atoms with Crippen molar-refractivity contribution in [3.8, 4) is 0 Å². The van der Waals surface area contributed by atoms with Gasteiger partial charge < -0.3 is 10.3 Å². The Morgan fingerprint density at radius 3 is 2.05 bits per heavy atom. The van der Waals surface area contributed by atoms with E-state index in [0.29, 0.717) is 12.8 Å². The van der Waals surface area contributed by atoms with E-state index in [-0.39, 0.29) is 16.7 Å². The first kappa shape index (κ1) is 17.4. The number of amides is 1. The molecule has 19 heavy (non-hydrogen) atoms. The second kappa shape index (κ2) is 7.73. The molecule has 0 aliphatic carbocycles. The molecule has 0 aliphatic rings. The van der Waals surface area contributed by atoms with Gasteiger partial charge in [-0.15, -0.1) is 0 Å². The van der Waals surface area contributed by atoms with Gasteiger partial charge >= 0.3 is 5.97 Å². The molecule has 3 unspecified atom stereocenters. The fraction of sp³-hybridized carbons (Fsp3) is 0.750. The molecule has 0 bridgehead atoms. The highest BCUT2D eigenvalue weighted by Crippen LogP contribution is 2.16. The zero-order valence-corrected chi connectivity index (χ0v) is 11.7. The van der Waals surface area contributed by atoms with Gasteiger partial charge in [-0.25, -0.2) is 9.86 Å². The number of carboxylic acid groups (broad SMARTS) is 1. The maximum absolute atomic E-state index is 12.0. The highest BCUT2D eigenvalue weighted by molar-refractivity contribution is 6.39. The van der Waals surface area contributed by atoms with Gasteiger partial charge in [0, 0.05) is 5.92 Å². The van der Waals surface area contributed by atoms with E-state index in [1.165, 1.54) is 0 Å². The van der Waals surface area contributed by atoms with E-state index in [9.17, 15) is 14.8 Å². The number of hydroxylamine groups is 2. The van der Waals surface area contributed by atoms with Gasteiger partial charge in [0.05, 0.1) is 0 Å². The molecule has 7 heteroatoms. The molecule has 110 valence electrons. The van der Waals surface area contributed by atoms with Crippen LogP contribution in [0.4, 0.5) is 0 Å². The average molecular weight is 274 g/mol. The molecule has 0 aromatic carbocycles. The number of carbonyl (C=O) groups excluding carboxylic acids is 1. The lowest BCUT2D eigenvalue weighted by Gasteiger charge is -2.27. The molecule has 0 saturated heterocycles. The van der Waals surface area contributed by atoms with E-state index in [2.05, 4.69) is 5.16 Å². The van der Waals surface area contributed by atoms with Crippen LogP contribution in [0.1, 0.15) is 40.5 Å². The van der Waals surface area contributed by atoms with Gasteiger partial charge in [-0.05, 0) is 12.3 Å². The number of oxime groups is 1. The lowest BCUT2D eigenvalue weighted by atomic mass is 9.97. The smallest absolute Gasteiger partial charge is 0.329 e. The summed E-state index contributed by atoms with van der Waals surface area (Å²) in [4.78, 5) is 23.1.